The van der Waals surface area contributed by atoms with E-state index >= 15 is 0 Å². The molecule has 0 spiro atoms. The van der Waals surface area contributed by atoms with Gasteiger partial charge in [0.05, 0.1) is 11.0 Å². The molecule has 0 atom stereocenters. The van der Waals surface area contributed by atoms with Crippen LogP contribution in [0.3, 0.4) is 0 Å². The van der Waals surface area contributed by atoms with Gasteiger partial charge in [0.1, 0.15) is 0 Å². The molecule has 282 valence electrons. The van der Waals surface area contributed by atoms with Gasteiger partial charge in [0.25, 0.3) is 0 Å². The molecule has 0 saturated carbocycles. The number of hydrogen-bond donors (Lipinski definition) is 0. The Kier molecular flexibility index (Phi) is 7.54. The van der Waals surface area contributed by atoms with Crippen molar-refractivity contribution >= 4 is 43.4 Å². The summed E-state index contributed by atoms with van der Waals surface area (Å²) in [6, 6.07) is 69.8. The zero-order valence-corrected chi connectivity index (χ0v) is 33.3. The fraction of sp³-hybridized carbons (Fsp3) is 0.0536. The first-order valence-corrected chi connectivity index (χ1v) is 20.6. The molecule has 0 aliphatic heterocycles. The van der Waals surface area contributed by atoms with Crippen LogP contribution >= 0.6 is 0 Å². The van der Waals surface area contributed by atoms with Crippen molar-refractivity contribution in [2.75, 3.05) is 0 Å². The van der Waals surface area contributed by atoms with E-state index in [0.717, 1.165) is 39.0 Å². The number of aromatic nitrogens is 4. The SMILES string of the molecule is CC1(C)c2cc3ccccc3cc2-c2cc3c4ccccc4n(-c4cc(-c5ccc6ccccc6c5)cc(-c5nc(-c6ccccc6)nc(-c6ccccc6)n5)c4)c3cc21. The summed E-state index contributed by atoms with van der Waals surface area (Å²) < 4.78 is 2.45. The predicted octanol–water partition coefficient (Wildman–Crippen LogP) is 14.2. The minimum absolute atomic E-state index is 0.186. The molecule has 0 amide bonds. The lowest BCUT2D eigenvalue weighted by molar-refractivity contribution is 0.662. The maximum atomic E-state index is 5.21. The molecule has 9 aromatic carbocycles. The molecule has 4 heteroatoms. The zero-order chi connectivity index (χ0) is 40.0. The fourth-order valence-electron chi connectivity index (χ4n) is 9.50. The lowest BCUT2D eigenvalue weighted by atomic mass is 9.81. The first kappa shape index (κ1) is 34.4. The lowest BCUT2D eigenvalue weighted by Crippen LogP contribution is -2.15. The summed E-state index contributed by atoms with van der Waals surface area (Å²) in [5.74, 6) is 1.90. The monoisotopic (exact) mass is 766 g/mol. The molecule has 0 unspecified atom stereocenters. The molecule has 1 aliphatic carbocycles. The third-order valence-electron chi connectivity index (χ3n) is 12.6. The van der Waals surface area contributed by atoms with Gasteiger partial charge in [-0.3, -0.25) is 0 Å². The van der Waals surface area contributed by atoms with Gasteiger partial charge in [0, 0.05) is 38.6 Å². The molecule has 2 aromatic heterocycles. The molecule has 0 saturated heterocycles. The largest absolute Gasteiger partial charge is 0.309 e. The predicted molar refractivity (Wildman–Crippen MR) is 248 cm³/mol. The van der Waals surface area contributed by atoms with Crippen molar-refractivity contribution in [1.29, 1.82) is 0 Å². The first-order chi connectivity index (χ1) is 29.5. The van der Waals surface area contributed by atoms with Crippen molar-refractivity contribution in [1.82, 2.24) is 19.5 Å². The van der Waals surface area contributed by atoms with E-state index in [1.807, 2.05) is 36.4 Å². The fourth-order valence-corrected chi connectivity index (χ4v) is 9.50. The molecule has 12 rings (SSSR count). The van der Waals surface area contributed by atoms with Crippen LogP contribution in [0.25, 0.3) is 105 Å². The number of rotatable bonds is 5. The summed E-state index contributed by atoms with van der Waals surface area (Å²) in [5, 5.41) is 7.41. The number of para-hydroxylation sites is 1. The molecule has 0 radical (unpaired) electrons. The highest BCUT2D eigenvalue weighted by atomic mass is 15.0. The van der Waals surface area contributed by atoms with Crippen LogP contribution in [-0.4, -0.2) is 19.5 Å². The van der Waals surface area contributed by atoms with E-state index in [1.54, 1.807) is 0 Å². The average molecular weight is 767 g/mol. The van der Waals surface area contributed by atoms with Gasteiger partial charge in [-0.05, 0) is 110 Å². The minimum Gasteiger partial charge on any atom is -0.309 e. The second-order valence-corrected chi connectivity index (χ2v) is 16.5. The number of fused-ring (bicyclic) bond motifs is 8. The van der Waals surface area contributed by atoms with Gasteiger partial charge in [-0.15, -0.1) is 0 Å². The molecule has 2 heterocycles. The van der Waals surface area contributed by atoms with Gasteiger partial charge in [0.15, 0.2) is 17.5 Å². The molecule has 0 bridgehead atoms. The summed E-state index contributed by atoms with van der Waals surface area (Å²) >= 11 is 0. The van der Waals surface area contributed by atoms with Gasteiger partial charge in [-0.1, -0.05) is 153 Å². The Morgan fingerprint density at radius 1 is 0.350 bits per heavy atom. The van der Waals surface area contributed by atoms with Gasteiger partial charge < -0.3 is 4.57 Å². The van der Waals surface area contributed by atoms with Gasteiger partial charge in [-0.25, -0.2) is 15.0 Å². The third kappa shape index (κ3) is 5.41. The van der Waals surface area contributed by atoms with Crippen LogP contribution in [0.5, 0.6) is 0 Å². The normalized spacial score (nSPS) is 13.0. The van der Waals surface area contributed by atoms with Crippen LogP contribution in [0.2, 0.25) is 0 Å². The second-order valence-electron chi connectivity index (χ2n) is 16.5. The highest BCUT2D eigenvalue weighted by molar-refractivity contribution is 6.12. The topological polar surface area (TPSA) is 43.6 Å². The second kappa shape index (κ2) is 13.2. The van der Waals surface area contributed by atoms with Crippen molar-refractivity contribution < 1.29 is 0 Å². The van der Waals surface area contributed by atoms with Crippen molar-refractivity contribution in [2.45, 2.75) is 19.3 Å². The number of nitrogens with zero attached hydrogens (tertiary/aromatic N) is 4. The number of benzene rings is 9. The van der Waals surface area contributed by atoms with Crippen LogP contribution in [0.1, 0.15) is 25.0 Å². The Hall–Kier alpha value is -7.69. The number of hydrogen-bond acceptors (Lipinski definition) is 3. The molecular formula is C56H38N4. The van der Waals surface area contributed by atoms with Crippen molar-refractivity contribution in [3.63, 3.8) is 0 Å². The van der Waals surface area contributed by atoms with Gasteiger partial charge in [-0.2, -0.15) is 0 Å². The smallest absolute Gasteiger partial charge is 0.164 e. The van der Waals surface area contributed by atoms with Crippen LogP contribution < -0.4 is 0 Å². The summed E-state index contributed by atoms with van der Waals surface area (Å²) in [4.78, 5) is 15.4. The molecular weight excluding hydrogens is 729 g/mol. The van der Waals surface area contributed by atoms with E-state index in [-0.39, 0.29) is 5.41 Å². The Balaban J connectivity index is 1.13. The lowest BCUT2D eigenvalue weighted by Gasteiger charge is -2.22. The maximum Gasteiger partial charge on any atom is 0.164 e. The van der Waals surface area contributed by atoms with Crippen LogP contribution in [0, 0.1) is 0 Å². The Morgan fingerprint density at radius 3 is 1.58 bits per heavy atom. The van der Waals surface area contributed by atoms with Gasteiger partial charge >= 0.3 is 0 Å². The first-order valence-electron chi connectivity index (χ1n) is 20.6. The van der Waals surface area contributed by atoms with E-state index in [9.17, 15) is 0 Å². The highest BCUT2D eigenvalue weighted by Crippen LogP contribution is 2.52. The van der Waals surface area contributed by atoms with E-state index < -0.39 is 0 Å². The Bertz CT molecular complexity index is 3450. The molecule has 4 nitrogen and oxygen atoms in total. The Morgan fingerprint density at radius 2 is 0.883 bits per heavy atom. The van der Waals surface area contributed by atoms with Crippen LogP contribution in [-0.2, 0) is 5.41 Å². The summed E-state index contributed by atoms with van der Waals surface area (Å²) in [6.45, 7) is 4.75. The van der Waals surface area contributed by atoms with Crippen LogP contribution in [0.4, 0.5) is 0 Å². The van der Waals surface area contributed by atoms with E-state index in [4.69, 9.17) is 15.0 Å². The molecule has 1 aliphatic rings. The molecule has 0 fully saturated rings. The summed E-state index contributed by atoms with van der Waals surface area (Å²) in [5.41, 5.74) is 13.6. The highest BCUT2D eigenvalue weighted by Gasteiger charge is 2.37. The standard InChI is InChI=1S/C56H38N4/c1-56(2)49-32-40-22-12-11-21-39(40)31-46(49)47-33-48-45-23-13-14-24-51(45)60(52(48)34-50(47)56)44-29-42(41-26-25-35-15-9-10-20-38(35)27-41)28-43(30-44)55-58-53(36-16-5-3-6-17-36)57-54(59-55)37-18-7-4-8-19-37/h3-34H,1-2H3. The van der Waals surface area contributed by atoms with Crippen molar-refractivity contribution in [3.05, 3.63) is 205 Å². The van der Waals surface area contributed by atoms with Crippen molar-refractivity contribution in [2.24, 2.45) is 0 Å². The maximum absolute atomic E-state index is 5.21. The van der Waals surface area contributed by atoms with E-state index in [0.29, 0.717) is 17.5 Å². The van der Waals surface area contributed by atoms with Gasteiger partial charge in [0.2, 0.25) is 0 Å². The minimum atomic E-state index is -0.186. The molecule has 11 aromatic rings. The van der Waals surface area contributed by atoms with E-state index in [1.165, 1.54) is 60.1 Å². The van der Waals surface area contributed by atoms with Crippen molar-refractivity contribution in [3.8, 4) is 62.1 Å². The molecule has 60 heavy (non-hydrogen) atoms. The van der Waals surface area contributed by atoms with E-state index in [2.05, 4.69) is 176 Å². The summed E-state index contributed by atoms with van der Waals surface area (Å²) in [6.07, 6.45) is 0. The van der Waals surface area contributed by atoms with Crippen LogP contribution in [0.15, 0.2) is 194 Å². The summed E-state index contributed by atoms with van der Waals surface area (Å²) in [7, 11) is 0. The zero-order valence-electron chi connectivity index (χ0n) is 33.3. The average Bonchev–Trinajstić information content (AvgIpc) is 3.74. The molecule has 0 N–H and O–H groups in total. The third-order valence-corrected chi connectivity index (χ3v) is 12.6. The Labute approximate surface area is 348 Å². The quantitative estimate of drug-likeness (QED) is 0.175.